The summed E-state index contributed by atoms with van der Waals surface area (Å²) in [6.45, 7) is 4.74. The number of fused-ring (bicyclic) bond motifs is 1. The summed E-state index contributed by atoms with van der Waals surface area (Å²) in [4.78, 5) is 14.7. The first-order valence-corrected chi connectivity index (χ1v) is 11.6. The van der Waals surface area contributed by atoms with Crippen molar-refractivity contribution in [2.45, 2.75) is 25.4 Å². The van der Waals surface area contributed by atoms with Gasteiger partial charge in [0.05, 0.1) is 11.0 Å². The van der Waals surface area contributed by atoms with E-state index in [0.29, 0.717) is 6.04 Å². The molecule has 7 heteroatoms. The van der Waals surface area contributed by atoms with Crippen LogP contribution in [0.4, 0.5) is 11.6 Å². The molecule has 1 aromatic heterocycles. The molecule has 1 saturated carbocycles. The fourth-order valence-corrected chi connectivity index (χ4v) is 4.49. The van der Waals surface area contributed by atoms with E-state index in [1.54, 1.807) is 0 Å². The molecule has 1 aliphatic heterocycles. The quantitative estimate of drug-likeness (QED) is 0.492. The molecule has 150 valence electrons. The van der Waals surface area contributed by atoms with E-state index in [9.17, 15) is 0 Å². The van der Waals surface area contributed by atoms with E-state index < -0.39 is 0 Å². The standard InChI is InChI=1S/C22H23ClIN5/c23-18-8-5-16(24)13-15(18)14-28-9-11-29(12-10-28)22-21(25-17-6-7-17)26-19-3-1-2-4-20(19)27-22/h1-5,8,13,17H,6-7,9-12,14H2,(H,25,26). The lowest BCUT2D eigenvalue weighted by Crippen LogP contribution is -2.46. The van der Waals surface area contributed by atoms with E-state index in [0.717, 1.165) is 60.4 Å². The van der Waals surface area contributed by atoms with Gasteiger partial charge in [-0.1, -0.05) is 23.7 Å². The Labute approximate surface area is 189 Å². The van der Waals surface area contributed by atoms with Crippen molar-refractivity contribution >= 4 is 56.9 Å². The van der Waals surface area contributed by atoms with Gasteiger partial charge in [-0.05, 0) is 71.3 Å². The number of rotatable bonds is 5. The number of piperazine rings is 1. The molecule has 0 bridgehead atoms. The predicted molar refractivity (Wildman–Crippen MR) is 128 cm³/mol. The van der Waals surface area contributed by atoms with Gasteiger partial charge < -0.3 is 10.2 Å². The summed E-state index contributed by atoms with van der Waals surface area (Å²) in [7, 11) is 0. The van der Waals surface area contributed by atoms with E-state index >= 15 is 0 Å². The Morgan fingerprint density at radius 2 is 1.72 bits per heavy atom. The molecule has 0 spiro atoms. The van der Waals surface area contributed by atoms with E-state index in [1.807, 2.05) is 30.3 Å². The zero-order chi connectivity index (χ0) is 19.8. The lowest BCUT2D eigenvalue weighted by molar-refractivity contribution is 0.249. The van der Waals surface area contributed by atoms with Crippen LogP contribution < -0.4 is 10.2 Å². The first-order valence-electron chi connectivity index (χ1n) is 10.1. The average molecular weight is 520 g/mol. The number of nitrogens with one attached hydrogen (secondary N) is 1. The molecule has 3 aromatic rings. The predicted octanol–water partition coefficient (Wildman–Crippen LogP) is 4.78. The van der Waals surface area contributed by atoms with Crippen molar-refractivity contribution in [1.82, 2.24) is 14.9 Å². The zero-order valence-electron chi connectivity index (χ0n) is 16.1. The fraction of sp³-hybridized carbons (Fsp3) is 0.364. The summed E-state index contributed by atoms with van der Waals surface area (Å²) in [6.07, 6.45) is 2.44. The lowest BCUT2D eigenvalue weighted by Gasteiger charge is -2.36. The highest BCUT2D eigenvalue weighted by atomic mass is 127. The Morgan fingerprint density at radius 1 is 1.00 bits per heavy atom. The molecule has 5 rings (SSSR count). The van der Waals surface area contributed by atoms with Crippen molar-refractivity contribution in [3.8, 4) is 0 Å². The Hall–Kier alpha value is -1.64. The highest BCUT2D eigenvalue weighted by Gasteiger charge is 2.27. The van der Waals surface area contributed by atoms with Crippen molar-refractivity contribution in [3.63, 3.8) is 0 Å². The van der Waals surface area contributed by atoms with Crippen LogP contribution in [0.2, 0.25) is 5.02 Å². The minimum absolute atomic E-state index is 0.549. The largest absolute Gasteiger partial charge is 0.364 e. The number of hydrogen-bond donors (Lipinski definition) is 1. The molecule has 5 nitrogen and oxygen atoms in total. The number of hydrogen-bond acceptors (Lipinski definition) is 5. The van der Waals surface area contributed by atoms with Crippen molar-refractivity contribution in [3.05, 3.63) is 56.6 Å². The molecule has 1 saturated heterocycles. The second-order valence-corrected chi connectivity index (χ2v) is 9.45. The minimum Gasteiger partial charge on any atom is -0.364 e. The number of halogens is 2. The molecule has 29 heavy (non-hydrogen) atoms. The van der Waals surface area contributed by atoms with Gasteiger partial charge in [-0.15, -0.1) is 0 Å². The van der Waals surface area contributed by atoms with Gasteiger partial charge in [0.15, 0.2) is 11.6 Å². The molecule has 2 aromatic carbocycles. The summed E-state index contributed by atoms with van der Waals surface area (Å²) in [6, 6.07) is 14.9. The highest BCUT2D eigenvalue weighted by Crippen LogP contribution is 2.31. The van der Waals surface area contributed by atoms with Crippen molar-refractivity contribution in [2.24, 2.45) is 0 Å². The van der Waals surface area contributed by atoms with Crippen LogP contribution >= 0.6 is 34.2 Å². The molecule has 1 N–H and O–H groups in total. The van der Waals surface area contributed by atoms with Crippen molar-refractivity contribution < 1.29 is 0 Å². The van der Waals surface area contributed by atoms with Gasteiger partial charge in [0.25, 0.3) is 0 Å². The monoisotopic (exact) mass is 519 g/mol. The first-order chi connectivity index (χ1) is 14.2. The SMILES string of the molecule is Clc1ccc(I)cc1CN1CCN(c2nc3ccccc3nc2NC2CC2)CC1. The van der Waals surface area contributed by atoms with Crippen LogP contribution in [-0.2, 0) is 6.54 Å². The molecule has 0 unspecified atom stereocenters. The fourth-order valence-electron chi connectivity index (χ4n) is 3.75. The molecule has 2 aliphatic rings. The Morgan fingerprint density at radius 3 is 2.45 bits per heavy atom. The van der Waals surface area contributed by atoms with Crippen LogP contribution in [0.5, 0.6) is 0 Å². The maximum atomic E-state index is 6.40. The van der Waals surface area contributed by atoms with Crippen LogP contribution in [0.25, 0.3) is 11.0 Å². The molecule has 0 amide bonds. The molecule has 0 radical (unpaired) electrons. The van der Waals surface area contributed by atoms with Crippen LogP contribution in [-0.4, -0.2) is 47.1 Å². The average Bonchev–Trinajstić information content (AvgIpc) is 3.55. The van der Waals surface area contributed by atoms with E-state index in [2.05, 4.69) is 49.8 Å². The molecule has 2 fully saturated rings. The van der Waals surface area contributed by atoms with Gasteiger partial charge in [0.2, 0.25) is 0 Å². The van der Waals surface area contributed by atoms with Crippen molar-refractivity contribution in [2.75, 3.05) is 36.4 Å². The van der Waals surface area contributed by atoms with Gasteiger partial charge in [-0.3, -0.25) is 4.90 Å². The van der Waals surface area contributed by atoms with Crippen LogP contribution in [0.3, 0.4) is 0 Å². The van der Waals surface area contributed by atoms with Gasteiger partial charge in [0, 0.05) is 47.4 Å². The third-order valence-corrected chi connectivity index (χ3v) is 6.58. The number of anilines is 2. The van der Waals surface area contributed by atoms with Crippen molar-refractivity contribution in [1.29, 1.82) is 0 Å². The lowest BCUT2D eigenvalue weighted by atomic mass is 10.2. The normalized spacial score (nSPS) is 17.7. The van der Waals surface area contributed by atoms with E-state index in [1.165, 1.54) is 22.0 Å². The van der Waals surface area contributed by atoms with Crippen LogP contribution in [0.1, 0.15) is 18.4 Å². The topological polar surface area (TPSA) is 44.3 Å². The summed E-state index contributed by atoms with van der Waals surface area (Å²) in [5, 5.41) is 4.44. The Balaban J connectivity index is 1.33. The summed E-state index contributed by atoms with van der Waals surface area (Å²) < 4.78 is 1.22. The van der Waals surface area contributed by atoms with Crippen LogP contribution in [0.15, 0.2) is 42.5 Å². The van der Waals surface area contributed by atoms with Gasteiger partial charge in [-0.25, -0.2) is 9.97 Å². The summed E-state index contributed by atoms with van der Waals surface area (Å²) >= 11 is 8.75. The Kier molecular flexibility index (Phi) is 5.49. The second-order valence-electron chi connectivity index (χ2n) is 7.80. The summed E-state index contributed by atoms with van der Waals surface area (Å²) in [5.41, 5.74) is 3.11. The van der Waals surface area contributed by atoms with Gasteiger partial charge in [-0.2, -0.15) is 0 Å². The molecule has 1 aliphatic carbocycles. The third-order valence-electron chi connectivity index (χ3n) is 5.54. The number of nitrogens with zero attached hydrogens (tertiary/aromatic N) is 4. The van der Waals surface area contributed by atoms with Gasteiger partial charge in [0.1, 0.15) is 0 Å². The third kappa shape index (κ3) is 4.44. The molecular weight excluding hydrogens is 497 g/mol. The summed E-state index contributed by atoms with van der Waals surface area (Å²) in [5.74, 6) is 1.92. The molecule has 2 heterocycles. The molecular formula is C22H23ClIN5. The minimum atomic E-state index is 0.549. The van der Waals surface area contributed by atoms with E-state index in [4.69, 9.17) is 21.6 Å². The maximum absolute atomic E-state index is 6.40. The smallest absolute Gasteiger partial charge is 0.172 e. The number of benzene rings is 2. The number of aromatic nitrogens is 2. The zero-order valence-corrected chi connectivity index (χ0v) is 19.0. The molecule has 0 atom stereocenters. The second kappa shape index (κ2) is 8.24. The van der Waals surface area contributed by atoms with Gasteiger partial charge >= 0.3 is 0 Å². The number of para-hydroxylation sites is 2. The first kappa shape index (κ1) is 19.3. The van der Waals surface area contributed by atoms with Crippen LogP contribution in [0, 0.1) is 3.57 Å². The maximum Gasteiger partial charge on any atom is 0.172 e. The Bertz CT molecular complexity index is 1030. The van der Waals surface area contributed by atoms with E-state index in [-0.39, 0.29) is 0 Å². The highest BCUT2D eigenvalue weighted by molar-refractivity contribution is 14.1.